The predicted molar refractivity (Wildman–Crippen MR) is 199 cm³/mol. The van der Waals surface area contributed by atoms with Crippen molar-refractivity contribution in [3.8, 4) is 0 Å². The third-order valence-corrected chi connectivity index (χ3v) is 8.20. The highest BCUT2D eigenvalue weighted by molar-refractivity contribution is 6.24. The monoisotopic (exact) mass is 576 g/mol. The summed E-state index contributed by atoms with van der Waals surface area (Å²) < 4.78 is 0. The van der Waals surface area contributed by atoms with Crippen molar-refractivity contribution in [2.45, 2.75) is 47.5 Å². The summed E-state index contributed by atoms with van der Waals surface area (Å²) in [7, 11) is 2.17. The Bertz CT molecular complexity index is 1750. The van der Waals surface area contributed by atoms with Gasteiger partial charge in [0, 0.05) is 18.3 Å². The molecule has 0 aliphatic heterocycles. The number of fused-ring (bicyclic) bond motifs is 1. The number of nitrogens with zero attached hydrogens (tertiary/aromatic N) is 1. The van der Waals surface area contributed by atoms with Gasteiger partial charge in [0.15, 0.2) is 0 Å². The third kappa shape index (κ3) is 9.94. The molecular formula is C41H45BN2. The van der Waals surface area contributed by atoms with Crippen molar-refractivity contribution in [3.63, 3.8) is 0 Å². The number of benzene rings is 3. The number of allylic oxidation sites excluding steroid dienone is 10. The van der Waals surface area contributed by atoms with Crippen molar-refractivity contribution in [2.75, 3.05) is 6.54 Å². The Morgan fingerprint density at radius 1 is 0.932 bits per heavy atom. The zero-order valence-electron chi connectivity index (χ0n) is 27.2. The van der Waals surface area contributed by atoms with E-state index in [1.165, 1.54) is 50.3 Å². The Kier molecular flexibility index (Phi) is 13.4. The van der Waals surface area contributed by atoms with Crippen LogP contribution in [0.5, 0.6) is 0 Å². The minimum absolute atomic E-state index is 0.641. The van der Waals surface area contributed by atoms with Gasteiger partial charge in [-0.2, -0.15) is 0 Å². The summed E-state index contributed by atoms with van der Waals surface area (Å²) in [5.41, 5.74) is 15.1. The first kappa shape index (κ1) is 33.8. The lowest BCUT2D eigenvalue weighted by Gasteiger charge is -2.12. The van der Waals surface area contributed by atoms with E-state index < -0.39 is 0 Å². The molecule has 2 nitrogen and oxygen atoms in total. The van der Waals surface area contributed by atoms with Crippen molar-refractivity contribution in [2.24, 2.45) is 4.99 Å². The lowest BCUT2D eigenvalue weighted by Crippen LogP contribution is -1.99. The topological polar surface area (TPSA) is 36.2 Å². The maximum absolute atomic E-state index is 7.12. The van der Waals surface area contributed by atoms with Gasteiger partial charge in [-0.25, -0.2) is 0 Å². The van der Waals surface area contributed by atoms with E-state index in [9.17, 15) is 0 Å². The molecule has 0 aliphatic carbocycles. The maximum atomic E-state index is 7.12. The maximum Gasteiger partial charge on any atom is 0.139 e. The van der Waals surface area contributed by atoms with E-state index in [0.29, 0.717) is 13.0 Å². The molecule has 0 fully saturated rings. The fourth-order valence-electron chi connectivity index (χ4n) is 4.85. The van der Waals surface area contributed by atoms with Crippen LogP contribution in [0, 0.1) is 5.41 Å². The average molecular weight is 577 g/mol. The molecule has 222 valence electrons. The summed E-state index contributed by atoms with van der Waals surface area (Å²) in [5.74, 6) is 0. The van der Waals surface area contributed by atoms with Gasteiger partial charge in [0.25, 0.3) is 0 Å². The molecule has 0 atom stereocenters. The fourth-order valence-corrected chi connectivity index (χ4v) is 4.85. The minimum Gasteiger partial charge on any atom is -0.308 e. The molecule has 0 aliphatic rings. The highest BCUT2D eigenvalue weighted by Gasteiger charge is 2.06. The van der Waals surface area contributed by atoms with Crippen LogP contribution in [0.3, 0.4) is 0 Å². The SMILES string of the molecule is BC(=C\C)/C(C)=C(C)\C(C)=C(\C)C/N=C(\C=C\c1cccc(CC=C=CC=N)c1)C/C=C(\C=C)c1ccc2ccccc2c1. The molecular weight excluding hydrogens is 531 g/mol. The van der Waals surface area contributed by atoms with Crippen molar-refractivity contribution < 1.29 is 0 Å². The summed E-state index contributed by atoms with van der Waals surface area (Å²) in [6, 6.07) is 23.5. The lowest BCUT2D eigenvalue weighted by atomic mass is 9.84. The molecule has 3 rings (SSSR count). The Morgan fingerprint density at radius 3 is 2.43 bits per heavy atom. The summed E-state index contributed by atoms with van der Waals surface area (Å²) in [4.78, 5) is 5.12. The third-order valence-electron chi connectivity index (χ3n) is 8.20. The molecule has 0 bridgehead atoms. The van der Waals surface area contributed by atoms with Crippen LogP contribution in [0.2, 0.25) is 0 Å². The molecule has 0 saturated carbocycles. The Labute approximate surface area is 266 Å². The zero-order chi connectivity index (χ0) is 31.9. The van der Waals surface area contributed by atoms with Crippen LogP contribution in [-0.4, -0.2) is 26.3 Å². The molecule has 3 heteroatoms. The van der Waals surface area contributed by atoms with E-state index in [4.69, 9.17) is 10.4 Å². The van der Waals surface area contributed by atoms with Crippen LogP contribution >= 0.6 is 0 Å². The van der Waals surface area contributed by atoms with E-state index in [-0.39, 0.29) is 0 Å². The van der Waals surface area contributed by atoms with Gasteiger partial charge in [-0.15, -0.1) is 5.73 Å². The molecule has 0 saturated heterocycles. The van der Waals surface area contributed by atoms with Crippen LogP contribution in [0.25, 0.3) is 22.4 Å². The van der Waals surface area contributed by atoms with E-state index in [1.54, 1.807) is 6.08 Å². The molecule has 44 heavy (non-hydrogen) atoms. The number of hydrogen-bond acceptors (Lipinski definition) is 2. The number of hydrogen-bond donors (Lipinski definition) is 1. The molecule has 3 aromatic carbocycles. The number of nitrogens with one attached hydrogen (secondary N) is 1. The largest absolute Gasteiger partial charge is 0.308 e. The molecule has 0 radical (unpaired) electrons. The quantitative estimate of drug-likeness (QED) is 0.0910. The second-order valence-corrected chi connectivity index (χ2v) is 11.1. The van der Waals surface area contributed by atoms with Crippen molar-refractivity contribution in [3.05, 3.63) is 160 Å². The van der Waals surface area contributed by atoms with Crippen LogP contribution in [0.1, 0.15) is 57.7 Å². The first-order chi connectivity index (χ1) is 21.3. The van der Waals surface area contributed by atoms with E-state index in [2.05, 4.69) is 146 Å². The number of rotatable bonds is 13. The van der Waals surface area contributed by atoms with Gasteiger partial charge < -0.3 is 5.41 Å². The standard InChI is InChI=1S/C41H45BN2/c1-7-36(39-22-21-37-18-11-12-19-38(37)28-39)23-25-40(44-29-30(3)31(4)32(5)33(6)41(42)8-2)24-20-35-17-14-16-34(27-35)15-10-9-13-26-43/h7-8,10-14,16-24,26-28,43H,1,15,25,29,42H2,2-6H3/b24-20+,31-30-,33-32-,36-23+,41-8-,43-26?,44-40+. The van der Waals surface area contributed by atoms with Crippen molar-refractivity contribution in [1.29, 1.82) is 5.41 Å². The molecule has 1 N–H and O–H groups in total. The van der Waals surface area contributed by atoms with Gasteiger partial charge >= 0.3 is 0 Å². The molecule has 0 aromatic heterocycles. The molecule has 0 amide bonds. The Hall–Kier alpha value is -4.72. The van der Waals surface area contributed by atoms with Gasteiger partial charge in [0.2, 0.25) is 0 Å². The van der Waals surface area contributed by atoms with E-state index in [0.717, 1.165) is 28.8 Å². The summed E-state index contributed by atoms with van der Waals surface area (Å²) in [6.45, 7) is 15.6. The normalized spacial score (nSPS) is 13.7. The summed E-state index contributed by atoms with van der Waals surface area (Å²) in [5, 5.41) is 9.57. The fraction of sp³-hybridized carbons (Fsp3) is 0.195. The first-order valence-electron chi connectivity index (χ1n) is 15.3. The smallest absolute Gasteiger partial charge is 0.139 e. The number of aliphatic imine (C=N–C) groups is 1. The van der Waals surface area contributed by atoms with Gasteiger partial charge in [-0.05, 0) is 115 Å². The van der Waals surface area contributed by atoms with E-state index >= 15 is 0 Å². The molecule has 0 unspecified atom stereocenters. The molecule has 3 aromatic rings. The second kappa shape index (κ2) is 17.4. The van der Waals surface area contributed by atoms with Crippen LogP contribution in [0.15, 0.2) is 148 Å². The molecule has 0 heterocycles. The Morgan fingerprint density at radius 2 is 1.70 bits per heavy atom. The van der Waals surface area contributed by atoms with Crippen LogP contribution in [0.4, 0.5) is 0 Å². The minimum atomic E-state index is 0.641. The van der Waals surface area contributed by atoms with Gasteiger partial charge in [-0.1, -0.05) is 103 Å². The van der Waals surface area contributed by atoms with Crippen molar-refractivity contribution in [1.82, 2.24) is 0 Å². The summed E-state index contributed by atoms with van der Waals surface area (Å²) in [6.07, 6.45) is 16.9. The molecule has 0 spiro atoms. The van der Waals surface area contributed by atoms with Gasteiger partial charge in [0.1, 0.15) is 7.85 Å². The van der Waals surface area contributed by atoms with Crippen LogP contribution in [-0.2, 0) is 6.42 Å². The summed E-state index contributed by atoms with van der Waals surface area (Å²) >= 11 is 0. The van der Waals surface area contributed by atoms with E-state index in [1.807, 2.05) is 12.2 Å². The van der Waals surface area contributed by atoms with Gasteiger partial charge in [0.05, 0.1) is 6.54 Å². The van der Waals surface area contributed by atoms with Crippen molar-refractivity contribution >= 4 is 42.2 Å². The highest BCUT2D eigenvalue weighted by Crippen LogP contribution is 2.24. The lowest BCUT2D eigenvalue weighted by molar-refractivity contribution is 1.07. The second-order valence-electron chi connectivity index (χ2n) is 11.1. The first-order valence-corrected chi connectivity index (χ1v) is 15.3. The average Bonchev–Trinajstić information content (AvgIpc) is 3.06. The zero-order valence-corrected chi connectivity index (χ0v) is 27.2. The van der Waals surface area contributed by atoms with Gasteiger partial charge in [-0.3, -0.25) is 4.99 Å². The Balaban J connectivity index is 1.96. The predicted octanol–water partition coefficient (Wildman–Crippen LogP) is 10.1. The highest BCUT2D eigenvalue weighted by atomic mass is 14.7. The van der Waals surface area contributed by atoms with Crippen LogP contribution < -0.4 is 0 Å².